The molecule has 0 spiro atoms. The van der Waals surface area contributed by atoms with Crippen LogP contribution in [0.4, 0.5) is 0 Å². The van der Waals surface area contributed by atoms with E-state index in [1.807, 2.05) is 60.7 Å². The molecule has 0 unspecified atom stereocenters. The number of rotatable bonds is 3. The first-order chi connectivity index (χ1) is 15.5. The normalized spacial score (nSPS) is 12.0. The maximum Gasteiger partial charge on any atom is 0.233 e. The fourth-order valence-electron chi connectivity index (χ4n) is 3.42. The van der Waals surface area contributed by atoms with Gasteiger partial charge in [-0.2, -0.15) is 0 Å². The van der Waals surface area contributed by atoms with Crippen LogP contribution in [0.5, 0.6) is 11.5 Å². The first-order valence-electron chi connectivity index (χ1n) is 10.2. The zero-order valence-electron chi connectivity index (χ0n) is 17.4. The summed E-state index contributed by atoms with van der Waals surface area (Å²) in [4.78, 5) is 34.0. The van der Waals surface area contributed by atoms with E-state index < -0.39 is 11.6 Å². The minimum absolute atomic E-state index is 0.0614. The molecule has 0 heterocycles. The highest BCUT2D eigenvalue weighted by Gasteiger charge is 2.21. The molecule has 4 nitrogen and oxygen atoms in total. The minimum Gasteiger partial charge on any atom is -0.457 e. The summed E-state index contributed by atoms with van der Waals surface area (Å²) in [6.45, 7) is 1.55. The van der Waals surface area contributed by atoms with Crippen molar-refractivity contribution in [3.8, 4) is 11.5 Å². The molecule has 0 bridgehead atoms. The van der Waals surface area contributed by atoms with Gasteiger partial charge >= 0.3 is 0 Å². The molecule has 0 aliphatic heterocycles. The number of fused-ring (bicyclic) bond motifs is 3. The van der Waals surface area contributed by atoms with Gasteiger partial charge in [-0.3, -0.25) is 14.4 Å². The standard InChI is InChI=1S/C14H8O2.C14H12O2/c15-13-8-7-11-10-4-2-1-3-9(10)5-6-12(11)14(13)16;1-11(15)12-7-9-14(10-8-12)16-13-5-3-2-4-6-13/h1-8H;2-10H,1H3. The van der Waals surface area contributed by atoms with Crippen LogP contribution in [0.1, 0.15) is 33.2 Å². The number of Topliss-reactive ketones (excluding diaryl/α,β-unsaturated/α-hetero) is 2. The zero-order chi connectivity index (χ0) is 22.5. The summed E-state index contributed by atoms with van der Waals surface area (Å²) in [7, 11) is 0. The van der Waals surface area contributed by atoms with Crippen molar-refractivity contribution in [1.29, 1.82) is 0 Å². The molecule has 1 aliphatic rings. The van der Waals surface area contributed by atoms with Crippen LogP contribution in [0.25, 0.3) is 16.8 Å². The molecule has 32 heavy (non-hydrogen) atoms. The maximum absolute atomic E-state index is 11.7. The van der Waals surface area contributed by atoms with Crippen LogP contribution in [-0.2, 0) is 4.79 Å². The molecular weight excluding hydrogens is 400 g/mol. The molecule has 0 aromatic heterocycles. The Kier molecular flexibility index (Phi) is 6.04. The van der Waals surface area contributed by atoms with Gasteiger partial charge in [0.15, 0.2) is 5.78 Å². The summed E-state index contributed by atoms with van der Waals surface area (Å²) in [5, 5.41) is 2.09. The summed E-state index contributed by atoms with van der Waals surface area (Å²) >= 11 is 0. The van der Waals surface area contributed by atoms with E-state index in [1.54, 1.807) is 43.3 Å². The van der Waals surface area contributed by atoms with E-state index in [-0.39, 0.29) is 5.78 Å². The number of hydrogen-bond donors (Lipinski definition) is 0. The molecule has 5 rings (SSSR count). The van der Waals surface area contributed by atoms with Crippen molar-refractivity contribution in [3.05, 3.63) is 114 Å². The van der Waals surface area contributed by atoms with Gasteiger partial charge in [-0.1, -0.05) is 48.5 Å². The minimum atomic E-state index is -0.442. The van der Waals surface area contributed by atoms with Crippen molar-refractivity contribution in [3.63, 3.8) is 0 Å². The smallest absolute Gasteiger partial charge is 0.233 e. The third-order valence-electron chi connectivity index (χ3n) is 5.08. The Morgan fingerprint density at radius 3 is 2.06 bits per heavy atom. The summed E-state index contributed by atoms with van der Waals surface area (Å²) in [6.07, 6.45) is 3.07. The van der Waals surface area contributed by atoms with Crippen molar-refractivity contribution in [2.75, 3.05) is 0 Å². The SMILES string of the molecule is CC(=O)c1ccc(Oc2ccccc2)cc1.O=C1C=Cc2c(ccc3ccccc23)C1=O. The number of hydrogen-bond acceptors (Lipinski definition) is 4. The highest BCUT2D eigenvalue weighted by molar-refractivity contribution is 6.50. The van der Waals surface area contributed by atoms with Gasteiger partial charge in [0.25, 0.3) is 0 Å². The van der Waals surface area contributed by atoms with Gasteiger partial charge in [0.1, 0.15) is 11.5 Å². The van der Waals surface area contributed by atoms with E-state index in [1.165, 1.54) is 6.08 Å². The third kappa shape index (κ3) is 4.55. The molecule has 0 amide bonds. The fourth-order valence-corrected chi connectivity index (χ4v) is 3.42. The van der Waals surface area contributed by atoms with E-state index in [2.05, 4.69) is 0 Å². The lowest BCUT2D eigenvalue weighted by molar-refractivity contribution is -0.110. The van der Waals surface area contributed by atoms with E-state index in [0.29, 0.717) is 11.1 Å². The quantitative estimate of drug-likeness (QED) is 0.288. The number of ketones is 3. The molecule has 1 aliphatic carbocycles. The van der Waals surface area contributed by atoms with Crippen LogP contribution >= 0.6 is 0 Å². The number of para-hydroxylation sites is 1. The molecule has 0 saturated carbocycles. The largest absolute Gasteiger partial charge is 0.457 e. The predicted molar refractivity (Wildman–Crippen MR) is 125 cm³/mol. The van der Waals surface area contributed by atoms with Gasteiger partial charge in [-0.05, 0) is 77.9 Å². The van der Waals surface area contributed by atoms with Crippen molar-refractivity contribution < 1.29 is 19.1 Å². The fraction of sp³-hybridized carbons (Fsp3) is 0.0357. The zero-order valence-corrected chi connectivity index (χ0v) is 17.4. The number of carbonyl (C=O) groups is 3. The van der Waals surface area contributed by atoms with Gasteiger partial charge in [-0.15, -0.1) is 0 Å². The second-order valence-corrected chi connectivity index (χ2v) is 7.27. The van der Waals surface area contributed by atoms with E-state index >= 15 is 0 Å². The van der Waals surface area contributed by atoms with Crippen LogP contribution < -0.4 is 4.74 Å². The molecule has 156 valence electrons. The highest BCUT2D eigenvalue weighted by Crippen LogP contribution is 2.27. The molecule has 0 radical (unpaired) electrons. The average molecular weight is 420 g/mol. The molecule has 4 aromatic carbocycles. The third-order valence-corrected chi connectivity index (χ3v) is 5.08. The number of carbonyl (C=O) groups excluding carboxylic acids is 3. The van der Waals surface area contributed by atoms with E-state index in [4.69, 9.17) is 4.74 Å². The van der Waals surface area contributed by atoms with Crippen LogP contribution in [0.2, 0.25) is 0 Å². The van der Waals surface area contributed by atoms with Crippen LogP contribution in [0, 0.1) is 0 Å². The van der Waals surface area contributed by atoms with Gasteiger partial charge in [0.2, 0.25) is 11.6 Å². The van der Waals surface area contributed by atoms with Crippen LogP contribution in [0.15, 0.2) is 97.1 Å². The Hall–Kier alpha value is -4.31. The number of benzene rings is 4. The predicted octanol–water partition coefficient (Wildman–Crippen LogP) is 6.30. The van der Waals surface area contributed by atoms with Crippen molar-refractivity contribution in [2.24, 2.45) is 0 Å². The number of ether oxygens (including phenoxy) is 1. The summed E-state index contributed by atoms with van der Waals surface area (Å²) in [5.74, 6) is 0.728. The molecular formula is C28H20O4. The van der Waals surface area contributed by atoms with Crippen LogP contribution in [0.3, 0.4) is 0 Å². The lowest BCUT2D eigenvalue weighted by Gasteiger charge is -2.11. The maximum atomic E-state index is 11.7. The van der Waals surface area contributed by atoms with Gasteiger partial charge in [0.05, 0.1) is 0 Å². The second kappa shape index (κ2) is 9.23. The second-order valence-electron chi connectivity index (χ2n) is 7.27. The Morgan fingerprint density at radius 1 is 0.688 bits per heavy atom. The molecule has 4 aromatic rings. The average Bonchev–Trinajstić information content (AvgIpc) is 2.82. The lowest BCUT2D eigenvalue weighted by Crippen LogP contribution is -2.16. The van der Waals surface area contributed by atoms with Crippen molar-refractivity contribution >= 4 is 34.2 Å². The summed E-state index contributed by atoms with van der Waals surface area (Å²) in [5.41, 5.74) is 2.05. The first kappa shape index (κ1) is 20.9. The Morgan fingerprint density at radius 2 is 1.34 bits per heavy atom. The summed E-state index contributed by atoms with van der Waals surface area (Å²) in [6, 6.07) is 28.1. The number of allylic oxidation sites excluding steroid dienone is 1. The Labute approximate surface area is 185 Å². The lowest BCUT2D eigenvalue weighted by atomic mass is 9.91. The molecule has 0 atom stereocenters. The molecule has 0 saturated heterocycles. The summed E-state index contributed by atoms with van der Waals surface area (Å²) < 4.78 is 5.60. The van der Waals surface area contributed by atoms with Crippen molar-refractivity contribution in [1.82, 2.24) is 0 Å². The van der Waals surface area contributed by atoms with Gasteiger partial charge < -0.3 is 4.74 Å². The van der Waals surface area contributed by atoms with Gasteiger partial charge in [0, 0.05) is 11.1 Å². The first-order valence-corrected chi connectivity index (χ1v) is 10.2. The Bertz CT molecular complexity index is 1330. The topological polar surface area (TPSA) is 60.4 Å². The van der Waals surface area contributed by atoms with Crippen LogP contribution in [-0.4, -0.2) is 17.3 Å². The van der Waals surface area contributed by atoms with Crippen molar-refractivity contribution in [2.45, 2.75) is 6.92 Å². The van der Waals surface area contributed by atoms with Gasteiger partial charge in [-0.25, -0.2) is 0 Å². The Balaban J connectivity index is 0.000000153. The van der Waals surface area contributed by atoms with E-state index in [9.17, 15) is 14.4 Å². The van der Waals surface area contributed by atoms with E-state index in [0.717, 1.165) is 27.8 Å². The molecule has 0 N–H and O–H groups in total. The molecule has 4 heteroatoms. The highest BCUT2D eigenvalue weighted by atomic mass is 16.5. The molecule has 0 fully saturated rings. The monoisotopic (exact) mass is 420 g/mol.